The molecule has 2 amide bonds. The van der Waals surface area contributed by atoms with Gasteiger partial charge in [-0.05, 0) is 33.1 Å². The smallest absolute Gasteiger partial charge is 0.321 e. The SMILES string of the molecule is Cc1nnc(NC(=O)N[C@H]2CC[C@@H](C(=O)O)C2)nc1C. The van der Waals surface area contributed by atoms with E-state index in [-0.39, 0.29) is 17.9 Å². The van der Waals surface area contributed by atoms with E-state index in [4.69, 9.17) is 5.11 Å². The molecule has 8 heteroatoms. The van der Waals surface area contributed by atoms with Gasteiger partial charge < -0.3 is 10.4 Å². The molecule has 1 aromatic heterocycles. The van der Waals surface area contributed by atoms with E-state index in [9.17, 15) is 9.59 Å². The van der Waals surface area contributed by atoms with Crippen LogP contribution in [0.1, 0.15) is 30.7 Å². The van der Waals surface area contributed by atoms with Crippen LogP contribution in [0.5, 0.6) is 0 Å². The summed E-state index contributed by atoms with van der Waals surface area (Å²) in [5.74, 6) is -1.05. The number of urea groups is 1. The highest BCUT2D eigenvalue weighted by atomic mass is 16.4. The summed E-state index contributed by atoms with van der Waals surface area (Å²) in [7, 11) is 0. The van der Waals surface area contributed by atoms with Crippen molar-refractivity contribution in [2.24, 2.45) is 5.92 Å². The molecule has 0 aromatic carbocycles. The maximum Gasteiger partial charge on any atom is 0.321 e. The molecule has 1 saturated carbocycles. The number of carbonyl (C=O) groups excluding carboxylic acids is 1. The number of aromatic nitrogens is 3. The second kappa shape index (κ2) is 5.81. The first kappa shape index (κ1) is 14.2. The molecule has 2 atom stereocenters. The van der Waals surface area contributed by atoms with Crippen LogP contribution in [0.2, 0.25) is 0 Å². The van der Waals surface area contributed by atoms with Crippen LogP contribution in [0.15, 0.2) is 0 Å². The third-order valence-corrected chi connectivity index (χ3v) is 3.43. The third-order valence-electron chi connectivity index (χ3n) is 3.43. The number of carboxylic acid groups (broad SMARTS) is 1. The summed E-state index contributed by atoms with van der Waals surface area (Å²) in [4.78, 5) is 26.7. The van der Waals surface area contributed by atoms with Crippen LogP contribution in [0, 0.1) is 19.8 Å². The van der Waals surface area contributed by atoms with Gasteiger partial charge in [-0.2, -0.15) is 5.10 Å². The number of hydrogen-bond donors (Lipinski definition) is 3. The number of nitrogens with one attached hydrogen (secondary N) is 2. The van der Waals surface area contributed by atoms with Crippen molar-refractivity contribution in [1.29, 1.82) is 0 Å². The first-order valence-corrected chi connectivity index (χ1v) is 6.44. The fourth-order valence-electron chi connectivity index (χ4n) is 2.17. The fourth-order valence-corrected chi connectivity index (χ4v) is 2.17. The lowest BCUT2D eigenvalue weighted by molar-refractivity contribution is -0.141. The molecule has 1 aliphatic rings. The molecule has 1 aliphatic carbocycles. The quantitative estimate of drug-likeness (QED) is 0.755. The Morgan fingerprint density at radius 1 is 1.20 bits per heavy atom. The number of aliphatic carboxylic acids is 1. The predicted molar refractivity (Wildman–Crippen MR) is 70.2 cm³/mol. The van der Waals surface area contributed by atoms with E-state index < -0.39 is 12.0 Å². The monoisotopic (exact) mass is 279 g/mol. The van der Waals surface area contributed by atoms with Gasteiger partial charge in [-0.1, -0.05) is 0 Å². The average molecular weight is 279 g/mol. The van der Waals surface area contributed by atoms with Crippen LogP contribution in [0.3, 0.4) is 0 Å². The van der Waals surface area contributed by atoms with Gasteiger partial charge in [0.1, 0.15) is 0 Å². The summed E-state index contributed by atoms with van der Waals surface area (Å²) < 4.78 is 0. The van der Waals surface area contributed by atoms with Gasteiger partial charge in [0.05, 0.1) is 17.3 Å². The zero-order valence-electron chi connectivity index (χ0n) is 11.4. The van der Waals surface area contributed by atoms with Gasteiger partial charge in [0.15, 0.2) is 0 Å². The van der Waals surface area contributed by atoms with Crippen molar-refractivity contribution >= 4 is 17.9 Å². The topological polar surface area (TPSA) is 117 Å². The second-order valence-electron chi connectivity index (χ2n) is 4.95. The highest BCUT2D eigenvalue weighted by Gasteiger charge is 2.30. The number of carboxylic acids is 1. The Hall–Kier alpha value is -2.25. The number of anilines is 1. The van der Waals surface area contributed by atoms with Gasteiger partial charge in [0.25, 0.3) is 5.95 Å². The molecule has 0 spiro atoms. The number of carbonyl (C=O) groups is 2. The summed E-state index contributed by atoms with van der Waals surface area (Å²) >= 11 is 0. The van der Waals surface area contributed by atoms with Crippen molar-refractivity contribution in [2.45, 2.75) is 39.2 Å². The molecule has 1 aromatic rings. The largest absolute Gasteiger partial charge is 0.481 e. The summed E-state index contributed by atoms with van der Waals surface area (Å²) in [5.41, 5.74) is 1.40. The molecule has 3 N–H and O–H groups in total. The minimum Gasteiger partial charge on any atom is -0.481 e. The zero-order valence-corrected chi connectivity index (χ0v) is 11.4. The number of nitrogens with zero attached hydrogens (tertiary/aromatic N) is 3. The molecule has 1 heterocycles. The molecule has 0 saturated heterocycles. The van der Waals surface area contributed by atoms with Crippen molar-refractivity contribution in [3.63, 3.8) is 0 Å². The first-order chi connectivity index (χ1) is 9.45. The lowest BCUT2D eigenvalue weighted by atomic mass is 10.1. The third kappa shape index (κ3) is 3.40. The molecule has 2 rings (SSSR count). The normalized spacial score (nSPS) is 21.5. The lowest BCUT2D eigenvalue weighted by Gasteiger charge is -2.12. The van der Waals surface area contributed by atoms with Gasteiger partial charge >= 0.3 is 12.0 Å². The molecule has 0 aliphatic heterocycles. The molecule has 0 bridgehead atoms. The number of rotatable bonds is 3. The maximum atomic E-state index is 11.8. The van der Waals surface area contributed by atoms with Crippen molar-refractivity contribution in [3.8, 4) is 0 Å². The Morgan fingerprint density at radius 2 is 1.95 bits per heavy atom. The van der Waals surface area contributed by atoms with Crippen LogP contribution >= 0.6 is 0 Å². The standard InChI is InChI=1S/C12H17N5O3/c1-6-7(2)16-17-11(13-6)15-12(20)14-9-4-3-8(5-9)10(18)19/h8-9H,3-5H2,1-2H3,(H,18,19)(H2,13,14,15,17,20)/t8-,9+/m1/s1. The molecule has 1 fully saturated rings. The van der Waals surface area contributed by atoms with E-state index in [1.807, 2.05) is 0 Å². The average Bonchev–Trinajstić information content (AvgIpc) is 2.82. The maximum absolute atomic E-state index is 11.8. The van der Waals surface area contributed by atoms with E-state index in [0.717, 1.165) is 0 Å². The van der Waals surface area contributed by atoms with Gasteiger partial charge in [-0.15, -0.1) is 5.10 Å². The molecule has 20 heavy (non-hydrogen) atoms. The Kier molecular flexibility index (Phi) is 4.11. The van der Waals surface area contributed by atoms with Crippen LogP contribution in [-0.2, 0) is 4.79 Å². The van der Waals surface area contributed by atoms with Gasteiger partial charge in [-0.3, -0.25) is 10.1 Å². The Labute approximate surface area is 116 Å². The number of amides is 2. The van der Waals surface area contributed by atoms with Crippen molar-refractivity contribution in [1.82, 2.24) is 20.5 Å². The predicted octanol–water partition coefficient (Wildman–Crippen LogP) is 0.863. The summed E-state index contributed by atoms with van der Waals surface area (Å²) in [6.45, 7) is 3.56. The minimum atomic E-state index is -0.809. The molecule has 8 nitrogen and oxygen atoms in total. The highest BCUT2D eigenvalue weighted by Crippen LogP contribution is 2.25. The Balaban J connectivity index is 1.87. The van der Waals surface area contributed by atoms with Crippen molar-refractivity contribution in [2.75, 3.05) is 5.32 Å². The first-order valence-electron chi connectivity index (χ1n) is 6.44. The van der Waals surface area contributed by atoms with Crippen molar-refractivity contribution in [3.05, 3.63) is 11.4 Å². The van der Waals surface area contributed by atoms with E-state index in [1.54, 1.807) is 13.8 Å². The Bertz CT molecular complexity index is 534. The second-order valence-corrected chi connectivity index (χ2v) is 4.95. The molecule has 0 radical (unpaired) electrons. The molecule has 0 unspecified atom stereocenters. The van der Waals surface area contributed by atoms with Crippen LogP contribution < -0.4 is 10.6 Å². The fraction of sp³-hybridized carbons (Fsp3) is 0.583. The number of aryl methyl sites for hydroxylation is 2. The van der Waals surface area contributed by atoms with E-state index in [0.29, 0.717) is 30.7 Å². The van der Waals surface area contributed by atoms with E-state index >= 15 is 0 Å². The molecular formula is C12H17N5O3. The molecular weight excluding hydrogens is 262 g/mol. The van der Waals surface area contributed by atoms with Gasteiger partial charge in [-0.25, -0.2) is 9.78 Å². The highest BCUT2D eigenvalue weighted by molar-refractivity contribution is 5.87. The van der Waals surface area contributed by atoms with E-state index in [2.05, 4.69) is 25.8 Å². The zero-order chi connectivity index (χ0) is 14.7. The summed E-state index contributed by atoms with van der Waals surface area (Å²) in [6.07, 6.45) is 1.70. The van der Waals surface area contributed by atoms with Gasteiger partial charge in [0.2, 0.25) is 0 Å². The summed E-state index contributed by atoms with van der Waals surface area (Å²) in [6, 6.07) is -0.568. The molecule has 108 valence electrons. The minimum absolute atomic E-state index is 0.129. The van der Waals surface area contributed by atoms with Crippen LogP contribution in [-0.4, -0.2) is 38.3 Å². The lowest BCUT2D eigenvalue weighted by Crippen LogP contribution is -2.37. The van der Waals surface area contributed by atoms with Crippen molar-refractivity contribution < 1.29 is 14.7 Å². The Morgan fingerprint density at radius 3 is 2.55 bits per heavy atom. The summed E-state index contributed by atoms with van der Waals surface area (Å²) in [5, 5.41) is 21.8. The van der Waals surface area contributed by atoms with Crippen LogP contribution in [0.25, 0.3) is 0 Å². The number of hydrogen-bond acceptors (Lipinski definition) is 5. The van der Waals surface area contributed by atoms with Crippen LogP contribution in [0.4, 0.5) is 10.7 Å². The van der Waals surface area contributed by atoms with E-state index in [1.165, 1.54) is 0 Å². The van der Waals surface area contributed by atoms with Gasteiger partial charge in [0, 0.05) is 6.04 Å².